The van der Waals surface area contributed by atoms with Gasteiger partial charge in [0.2, 0.25) is 0 Å². The van der Waals surface area contributed by atoms with Crippen LogP contribution in [0.4, 0.5) is 0 Å². The highest BCUT2D eigenvalue weighted by Gasteiger charge is 2.21. The zero-order chi connectivity index (χ0) is 11.2. The number of H-pyrrole nitrogens is 1. The van der Waals surface area contributed by atoms with E-state index in [0.717, 1.165) is 18.3 Å². The summed E-state index contributed by atoms with van der Waals surface area (Å²) < 4.78 is 0. The van der Waals surface area contributed by atoms with Crippen molar-refractivity contribution in [3.8, 4) is 0 Å². The Balaban J connectivity index is 1.80. The van der Waals surface area contributed by atoms with Gasteiger partial charge in [-0.1, -0.05) is 26.2 Å². The second kappa shape index (κ2) is 6.04. The summed E-state index contributed by atoms with van der Waals surface area (Å²) in [5, 5.41) is 3.65. The molecule has 1 aliphatic rings. The van der Waals surface area contributed by atoms with Crippen LogP contribution in [0.25, 0.3) is 0 Å². The zero-order valence-electron chi connectivity index (χ0n) is 10.2. The van der Waals surface area contributed by atoms with Gasteiger partial charge in [0.05, 0.1) is 6.54 Å². The highest BCUT2D eigenvalue weighted by Crippen LogP contribution is 2.27. The smallest absolute Gasteiger partial charge is 0.120 e. The Morgan fingerprint density at radius 2 is 2.25 bits per heavy atom. The Kier molecular flexibility index (Phi) is 4.40. The van der Waals surface area contributed by atoms with Crippen LogP contribution in [0.1, 0.15) is 51.3 Å². The Morgan fingerprint density at radius 3 is 2.88 bits per heavy atom. The van der Waals surface area contributed by atoms with Crippen LogP contribution in [0.5, 0.6) is 0 Å². The van der Waals surface area contributed by atoms with Crippen LogP contribution in [0.2, 0.25) is 0 Å². The first-order valence-corrected chi connectivity index (χ1v) is 6.61. The fourth-order valence-corrected chi connectivity index (χ4v) is 2.80. The summed E-state index contributed by atoms with van der Waals surface area (Å²) in [5.74, 6) is 1.93. The lowest BCUT2D eigenvalue weighted by molar-refractivity contribution is 0.260. The van der Waals surface area contributed by atoms with Crippen LogP contribution >= 0.6 is 0 Å². The van der Waals surface area contributed by atoms with Gasteiger partial charge in [0.15, 0.2) is 0 Å². The molecule has 0 radical (unpaired) electrons. The number of nitrogens with one attached hydrogen (secondary N) is 2. The monoisotopic (exact) mass is 221 g/mol. The summed E-state index contributed by atoms with van der Waals surface area (Å²) in [7, 11) is 0. The molecule has 1 saturated carbocycles. The molecule has 0 spiro atoms. The molecule has 1 aromatic rings. The van der Waals surface area contributed by atoms with Gasteiger partial charge in [-0.15, -0.1) is 0 Å². The molecule has 2 rings (SSSR count). The maximum Gasteiger partial charge on any atom is 0.120 e. The third-order valence-corrected chi connectivity index (χ3v) is 3.75. The van der Waals surface area contributed by atoms with Crippen molar-refractivity contribution in [3.63, 3.8) is 0 Å². The van der Waals surface area contributed by atoms with Gasteiger partial charge in [-0.25, -0.2) is 4.98 Å². The molecule has 0 saturated heterocycles. The Hall–Kier alpha value is -0.830. The molecule has 90 valence electrons. The largest absolute Gasteiger partial charge is 0.348 e. The number of aromatic nitrogens is 2. The molecule has 1 fully saturated rings. The maximum atomic E-state index is 4.25. The van der Waals surface area contributed by atoms with E-state index in [1.807, 2.05) is 12.4 Å². The van der Waals surface area contributed by atoms with E-state index in [9.17, 15) is 0 Å². The van der Waals surface area contributed by atoms with Crippen LogP contribution in [-0.2, 0) is 6.54 Å². The predicted octanol–water partition coefficient (Wildman–Crippen LogP) is 2.86. The van der Waals surface area contributed by atoms with Crippen molar-refractivity contribution in [3.05, 3.63) is 18.2 Å². The molecule has 16 heavy (non-hydrogen) atoms. The number of hydrogen-bond acceptors (Lipinski definition) is 2. The van der Waals surface area contributed by atoms with E-state index < -0.39 is 0 Å². The average molecular weight is 221 g/mol. The van der Waals surface area contributed by atoms with Crippen molar-refractivity contribution in [2.75, 3.05) is 0 Å². The molecule has 0 amide bonds. The summed E-state index contributed by atoms with van der Waals surface area (Å²) in [4.78, 5) is 7.40. The van der Waals surface area contributed by atoms with Crippen molar-refractivity contribution in [1.82, 2.24) is 15.3 Å². The molecular formula is C13H23N3. The van der Waals surface area contributed by atoms with Crippen molar-refractivity contribution in [1.29, 1.82) is 0 Å². The van der Waals surface area contributed by atoms with E-state index in [1.54, 1.807) is 0 Å². The number of imidazole rings is 1. The van der Waals surface area contributed by atoms with Gasteiger partial charge in [-0.3, -0.25) is 0 Å². The zero-order valence-corrected chi connectivity index (χ0v) is 10.2. The van der Waals surface area contributed by atoms with Gasteiger partial charge < -0.3 is 10.3 Å². The predicted molar refractivity (Wildman–Crippen MR) is 66.1 cm³/mol. The molecular weight excluding hydrogens is 198 g/mol. The number of nitrogens with zero attached hydrogens (tertiary/aromatic N) is 1. The van der Waals surface area contributed by atoms with Crippen molar-refractivity contribution in [2.24, 2.45) is 5.92 Å². The van der Waals surface area contributed by atoms with Gasteiger partial charge in [0.1, 0.15) is 5.82 Å². The lowest BCUT2D eigenvalue weighted by atomic mass is 9.83. The van der Waals surface area contributed by atoms with Gasteiger partial charge >= 0.3 is 0 Å². The molecule has 1 aliphatic carbocycles. The van der Waals surface area contributed by atoms with Gasteiger partial charge in [0, 0.05) is 18.4 Å². The van der Waals surface area contributed by atoms with E-state index in [4.69, 9.17) is 0 Å². The quantitative estimate of drug-likeness (QED) is 0.802. The summed E-state index contributed by atoms with van der Waals surface area (Å²) in [6.45, 7) is 3.16. The lowest BCUT2D eigenvalue weighted by Crippen LogP contribution is -2.36. The molecule has 1 heterocycles. The summed E-state index contributed by atoms with van der Waals surface area (Å²) in [5.41, 5.74) is 0. The first-order chi connectivity index (χ1) is 7.90. The van der Waals surface area contributed by atoms with E-state index in [1.165, 1.54) is 38.5 Å². The fourth-order valence-electron chi connectivity index (χ4n) is 2.80. The second-order valence-corrected chi connectivity index (χ2v) is 4.83. The molecule has 0 aliphatic heterocycles. The van der Waals surface area contributed by atoms with Crippen LogP contribution in [-0.4, -0.2) is 16.0 Å². The molecule has 3 heteroatoms. The van der Waals surface area contributed by atoms with Crippen molar-refractivity contribution in [2.45, 2.75) is 58.0 Å². The Morgan fingerprint density at radius 1 is 1.44 bits per heavy atom. The van der Waals surface area contributed by atoms with Crippen molar-refractivity contribution < 1.29 is 0 Å². The minimum atomic E-state index is 0.672. The third-order valence-electron chi connectivity index (χ3n) is 3.75. The van der Waals surface area contributed by atoms with Crippen LogP contribution in [0.15, 0.2) is 12.4 Å². The third kappa shape index (κ3) is 3.08. The number of hydrogen-bond donors (Lipinski definition) is 2. The van der Waals surface area contributed by atoms with Gasteiger partial charge in [-0.05, 0) is 25.2 Å². The standard InChI is InChI=1S/C13H23N3/c1-2-12(11-6-4-3-5-7-11)16-10-13-14-8-9-15-13/h8-9,11-12,16H,2-7,10H2,1H3,(H,14,15). The van der Waals surface area contributed by atoms with Gasteiger partial charge in [-0.2, -0.15) is 0 Å². The van der Waals surface area contributed by atoms with Crippen LogP contribution in [0, 0.1) is 5.92 Å². The molecule has 1 aromatic heterocycles. The number of rotatable bonds is 5. The first-order valence-electron chi connectivity index (χ1n) is 6.61. The molecule has 3 nitrogen and oxygen atoms in total. The lowest BCUT2D eigenvalue weighted by Gasteiger charge is -2.30. The molecule has 2 N–H and O–H groups in total. The fraction of sp³-hybridized carbons (Fsp3) is 0.769. The van der Waals surface area contributed by atoms with E-state index >= 15 is 0 Å². The molecule has 0 aromatic carbocycles. The topological polar surface area (TPSA) is 40.7 Å². The average Bonchev–Trinajstić information content (AvgIpc) is 2.84. The number of aromatic amines is 1. The van der Waals surface area contributed by atoms with Crippen LogP contribution < -0.4 is 5.32 Å². The minimum Gasteiger partial charge on any atom is -0.348 e. The van der Waals surface area contributed by atoms with Crippen molar-refractivity contribution >= 4 is 0 Å². The normalized spacial score (nSPS) is 19.8. The summed E-state index contributed by atoms with van der Waals surface area (Å²) in [6.07, 6.45) is 12.0. The highest BCUT2D eigenvalue weighted by molar-refractivity contribution is 4.88. The van der Waals surface area contributed by atoms with Crippen LogP contribution in [0.3, 0.4) is 0 Å². The molecule has 1 atom stereocenters. The molecule has 1 unspecified atom stereocenters. The van der Waals surface area contributed by atoms with Gasteiger partial charge in [0.25, 0.3) is 0 Å². The highest BCUT2D eigenvalue weighted by atomic mass is 15.0. The Bertz CT molecular complexity index is 275. The Labute approximate surface area is 98.1 Å². The SMILES string of the molecule is CCC(NCc1ncc[nH]1)C1CCCCC1. The minimum absolute atomic E-state index is 0.672. The van der Waals surface area contributed by atoms with E-state index in [-0.39, 0.29) is 0 Å². The summed E-state index contributed by atoms with van der Waals surface area (Å²) in [6, 6.07) is 0.672. The first kappa shape index (κ1) is 11.6. The molecule has 0 bridgehead atoms. The maximum absolute atomic E-state index is 4.25. The van der Waals surface area contributed by atoms with E-state index in [2.05, 4.69) is 22.2 Å². The van der Waals surface area contributed by atoms with E-state index in [0.29, 0.717) is 6.04 Å². The summed E-state index contributed by atoms with van der Waals surface area (Å²) >= 11 is 0. The second-order valence-electron chi connectivity index (χ2n) is 4.83.